The Morgan fingerprint density at radius 3 is 2.06 bits per heavy atom. The Kier molecular flexibility index (Phi) is 1.12. The van der Waals surface area contributed by atoms with Gasteiger partial charge in [-0.3, -0.25) is 0 Å². The van der Waals surface area contributed by atoms with Gasteiger partial charge in [-0.2, -0.15) is 0 Å². The molecular formula is C16H16O2. The van der Waals surface area contributed by atoms with Gasteiger partial charge in [0.25, 0.3) is 0 Å². The lowest BCUT2D eigenvalue weighted by Crippen LogP contribution is -2.56. The van der Waals surface area contributed by atoms with Crippen LogP contribution in [0.15, 0.2) is 24.3 Å². The Morgan fingerprint density at radius 2 is 1.50 bits per heavy atom. The summed E-state index contributed by atoms with van der Waals surface area (Å²) >= 11 is 0. The molecule has 2 nitrogen and oxygen atoms in total. The van der Waals surface area contributed by atoms with E-state index in [-0.39, 0.29) is 0 Å². The summed E-state index contributed by atoms with van der Waals surface area (Å²) < 4.78 is 0. The predicted octanol–water partition coefficient (Wildman–Crippen LogP) is 1.97. The topological polar surface area (TPSA) is 40.5 Å². The molecule has 0 saturated heterocycles. The second-order valence-electron chi connectivity index (χ2n) is 7.27. The van der Waals surface area contributed by atoms with Gasteiger partial charge in [0.2, 0.25) is 0 Å². The second kappa shape index (κ2) is 2.24. The molecule has 0 aromatic heterocycles. The Hall–Kier alpha value is -1.02. The van der Waals surface area contributed by atoms with Crippen molar-refractivity contribution in [1.82, 2.24) is 0 Å². The normalized spacial score (nSPS) is 64.1. The van der Waals surface area contributed by atoms with Crippen LogP contribution in [0.4, 0.5) is 0 Å². The lowest BCUT2D eigenvalue weighted by Gasteiger charge is -2.58. The highest BCUT2D eigenvalue weighted by molar-refractivity contribution is 5.47. The summed E-state index contributed by atoms with van der Waals surface area (Å²) in [5.74, 6) is 6.27. The second-order valence-corrected chi connectivity index (χ2v) is 7.27. The number of para-hydroxylation sites is 1. The van der Waals surface area contributed by atoms with E-state index in [2.05, 4.69) is 0 Å². The van der Waals surface area contributed by atoms with Crippen molar-refractivity contribution in [1.29, 1.82) is 0 Å². The van der Waals surface area contributed by atoms with Crippen LogP contribution in [0.5, 0.6) is 5.75 Å². The molecule has 0 aliphatic heterocycles. The van der Waals surface area contributed by atoms with Crippen molar-refractivity contribution in [3.63, 3.8) is 0 Å². The monoisotopic (exact) mass is 240 g/mol. The molecule has 92 valence electrons. The van der Waals surface area contributed by atoms with E-state index in [0.717, 1.165) is 41.1 Å². The van der Waals surface area contributed by atoms with Crippen molar-refractivity contribution in [3.05, 3.63) is 29.8 Å². The maximum absolute atomic E-state index is 11.3. The van der Waals surface area contributed by atoms with Gasteiger partial charge in [0, 0.05) is 5.56 Å². The molecule has 7 rings (SSSR count). The molecule has 2 N–H and O–H groups in total. The lowest BCUT2D eigenvalue weighted by molar-refractivity contribution is -0.127. The minimum Gasteiger partial charge on any atom is -0.508 e. The molecule has 6 aliphatic carbocycles. The average molecular weight is 240 g/mol. The van der Waals surface area contributed by atoms with E-state index in [9.17, 15) is 10.2 Å². The first-order chi connectivity index (χ1) is 8.74. The van der Waals surface area contributed by atoms with E-state index < -0.39 is 5.60 Å². The molecule has 0 spiro atoms. The molecule has 1 aromatic carbocycles. The number of hydrogen-bond donors (Lipinski definition) is 2. The van der Waals surface area contributed by atoms with Crippen molar-refractivity contribution in [2.45, 2.75) is 12.0 Å². The Bertz CT molecular complexity index is 549. The van der Waals surface area contributed by atoms with Crippen LogP contribution < -0.4 is 0 Å². The molecule has 0 amide bonds. The zero-order valence-corrected chi connectivity index (χ0v) is 10.0. The van der Waals surface area contributed by atoms with Gasteiger partial charge in [-0.1, -0.05) is 18.2 Å². The number of aliphatic hydroxyl groups is 1. The first kappa shape index (κ1) is 8.98. The minimum absolute atomic E-state index is 0.297. The van der Waals surface area contributed by atoms with Crippen LogP contribution in [0.2, 0.25) is 0 Å². The number of aromatic hydroxyl groups is 1. The highest BCUT2D eigenvalue weighted by atomic mass is 16.3. The standard InChI is InChI=1S/C16H16O2/c17-9-4-2-1-3-8(9)16(18)14-10-6-5-7-12(10)15(16)13(7)11(6)14/h1-4,6-7,10-15,17-18H,5H2/t6?,7?,10-,11-,12-,13-,14?,15?,16?/m1/s1. The van der Waals surface area contributed by atoms with E-state index in [1.807, 2.05) is 18.2 Å². The molecule has 6 saturated carbocycles. The first-order valence-corrected chi connectivity index (χ1v) is 7.25. The Morgan fingerprint density at radius 1 is 0.944 bits per heavy atom. The molecule has 6 fully saturated rings. The fourth-order valence-corrected chi connectivity index (χ4v) is 7.41. The lowest BCUT2D eigenvalue weighted by atomic mass is 9.45. The van der Waals surface area contributed by atoms with E-state index in [1.54, 1.807) is 6.07 Å². The van der Waals surface area contributed by atoms with E-state index >= 15 is 0 Å². The smallest absolute Gasteiger partial charge is 0.121 e. The van der Waals surface area contributed by atoms with Crippen LogP contribution in [-0.2, 0) is 5.60 Å². The third kappa shape index (κ3) is 0.565. The fraction of sp³-hybridized carbons (Fsp3) is 0.625. The summed E-state index contributed by atoms with van der Waals surface area (Å²) in [7, 11) is 0. The fourth-order valence-electron chi connectivity index (χ4n) is 7.41. The highest BCUT2D eigenvalue weighted by Gasteiger charge is 2.91. The highest BCUT2D eigenvalue weighted by Crippen LogP contribution is 2.92. The molecule has 2 heteroatoms. The van der Waals surface area contributed by atoms with Gasteiger partial charge in [0.05, 0.1) is 5.60 Å². The largest absolute Gasteiger partial charge is 0.508 e. The Labute approximate surface area is 106 Å². The molecule has 1 aromatic rings. The average Bonchev–Trinajstić information content (AvgIpc) is 2.86. The molecule has 0 heterocycles. The first-order valence-electron chi connectivity index (χ1n) is 7.25. The van der Waals surface area contributed by atoms with Crippen molar-refractivity contribution < 1.29 is 10.2 Å². The van der Waals surface area contributed by atoms with Crippen LogP contribution in [0.25, 0.3) is 0 Å². The van der Waals surface area contributed by atoms with Crippen molar-refractivity contribution in [2.24, 2.45) is 47.3 Å². The Balaban J connectivity index is 1.59. The van der Waals surface area contributed by atoms with E-state index in [1.165, 1.54) is 6.42 Å². The van der Waals surface area contributed by atoms with Gasteiger partial charge >= 0.3 is 0 Å². The molecule has 6 aliphatic rings. The summed E-state index contributed by atoms with van der Waals surface area (Å²) in [4.78, 5) is 0. The van der Waals surface area contributed by atoms with Gasteiger partial charge < -0.3 is 10.2 Å². The maximum Gasteiger partial charge on any atom is 0.121 e. The van der Waals surface area contributed by atoms with Gasteiger partial charge in [0.1, 0.15) is 5.75 Å². The third-order valence-corrected chi connectivity index (χ3v) is 7.42. The maximum atomic E-state index is 11.3. The quantitative estimate of drug-likeness (QED) is 0.788. The summed E-state index contributed by atoms with van der Waals surface area (Å²) in [6.45, 7) is 0. The van der Waals surface area contributed by atoms with E-state index in [4.69, 9.17) is 0 Å². The van der Waals surface area contributed by atoms with Crippen molar-refractivity contribution in [2.75, 3.05) is 0 Å². The van der Waals surface area contributed by atoms with Gasteiger partial charge in [-0.25, -0.2) is 0 Å². The van der Waals surface area contributed by atoms with Crippen molar-refractivity contribution in [3.8, 4) is 5.75 Å². The van der Waals surface area contributed by atoms with Crippen LogP contribution in [0.1, 0.15) is 12.0 Å². The van der Waals surface area contributed by atoms with Gasteiger partial charge in [-0.15, -0.1) is 0 Å². The van der Waals surface area contributed by atoms with E-state index in [0.29, 0.717) is 17.6 Å². The van der Waals surface area contributed by atoms with Crippen LogP contribution >= 0.6 is 0 Å². The number of benzene rings is 1. The number of rotatable bonds is 1. The SMILES string of the molecule is Oc1ccccc1C1(O)C2[C@@H]3C4CC5[C@H]3C1[C@H]5[C@@H]42. The van der Waals surface area contributed by atoms with Crippen LogP contribution in [0, 0.1) is 47.3 Å². The van der Waals surface area contributed by atoms with Gasteiger partial charge in [0.15, 0.2) is 0 Å². The molecule has 0 radical (unpaired) electrons. The minimum atomic E-state index is -0.691. The predicted molar refractivity (Wildman–Crippen MR) is 64.5 cm³/mol. The molecular weight excluding hydrogens is 224 g/mol. The summed E-state index contributed by atoms with van der Waals surface area (Å²) in [6, 6.07) is 7.46. The number of phenols is 1. The zero-order chi connectivity index (χ0) is 11.8. The summed E-state index contributed by atoms with van der Waals surface area (Å²) in [5.41, 5.74) is 0.127. The zero-order valence-electron chi connectivity index (χ0n) is 10.0. The number of hydrogen-bond acceptors (Lipinski definition) is 2. The van der Waals surface area contributed by atoms with Gasteiger partial charge in [-0.05, 0) is 59.8 Å². The van der Waals surface area contributed by atoms with Crippen LogP contribution in [0.3, 0.4) is 0 Å². The summed E-state index contributed by atoms with van der Waals surface area (Å²) in [5, 5.41) is 21.4. The number of phenolic OH excluding ortho intramolecular Hbond substituents is 1. The molecule has 4 atom stereocenters. The van der Waals surface area contributed by atoms with Crippen LogP contribution in [-0.4, -0.2) is 10.2 Å². The molecule has 18 heavy (non-hydrogen) atoms. The molecule has 0 unspecified atom stereocenters. The third-order valence-electron chi connectivity index (χ3n) is 7.42. The molecule has 4 bridgehead atoms. The summed E-state index contributed by atoms with van der Waals surface area (Å²) in [6.07, 6.45) is 1.45. The van der Waals surface area contributed by atoms with Crippen molar-refractivity contribution >= 4 is 0 Å².